The van der Waals surface area contributed by atoms with Crippen molar-refractivity contribution in [1.29, 1.82) is 0 Å². The number of hydrogen-bond donors (Lipinski definition) is 0. The molecule has 3 rings (SSSR count). The van der Waals surface area contributed by atoms with Crippen LogP contribution in [0.1, 0.15) is 5.76 Å². The highest BCUT2D eigenvalue weighted by atomic mass is 35.5. The fraction of sp³-hybridized carbons (Fsp3) is 0.278. The number of furan rings is 1. The van der Waals surface area contributed by atoms with Gasteiger partial charge in [0.25, 0.3) is 0 Å². The van der Waals surface area contributed by atoms with Crippen LogP contribution < -0.4 is 4.74 Å². The lowest BCUT2D eigenvalue weighted by Crippen LogP contribution is -2.39. The standard InChI is InChI=1S/C18H18ClNO4/c1-22-15-6-2-4-13-12-16(24-18(13)15)14(19)5-3-7-17(21)20-8-10-23-11-9-20/h2-7,12H,8-11H2,1H3. The number of nitrogens with zero attached hydrogens (tertiary/aromatic N) is 1. The maximum absolute atomic E-state index is 12.0. The van der Waals surface area contributed by atoms with Crippen molar-refractivity contribution < 1.29 is 18.7 Å². The zero-order chi connectivity index (χ0) is 16.9. The summed E-state index contributed by atoms with van der Waals surface area (Å²) in [7, 11) is 1.59. The molecule has 1 aromatic heterocycles. The van der Waals surface area contributed by atoms with Crippen molar-refractivity contribution in [1.82, 2.24) is 4.90 Å². The van der Waals surface area contributed by atoms with Gasteiger partial charge in [-0.25, -0.2) is 0 Å². The van der Waals surface area contributed by atoms with E-state index in [0.717, 1.165) is 5.39 Å². The molecule has 0 atom stereocenters. The summed E-state index contributed by atoms with van der Waals surface area (Å²) >= 11 is 6.27. The van der Waals surface area contributed by atoms with E-state index in [1.165, 1.54) is 6.08 Å². The summed E-state index contributed by atoms with van der Waals surface area (Å²) in [4.78, 5) is 13.8. The first-order valence-electron chi connectivity index (χ1n) is 7.66. The van der Waals surface area contributed by atoms with Crippen molar-refractivity contribution in [2.45, 2.75) is 0 Å². The minimum absolute atomic E-state index is 0.0507. The molecule has 0 bridgehead atoms. The van der Waals surface area contributed by atoms with Crippen LogP contribution in [0.25, 0.3) is 16.0 Å². The van der Waals surface area contributed by atoms with Gasteiger partial charge in [0.2, 0.25) is 5.91 Å². The molecule has 0 radical (unpaired) electrons. The molecule has 6 heteroatoms. The van der Waals surface area contributed by atoms with Crippen LogP contribution >= 0.6 is 11.6 Å². The van der Waals surface area contributed by atoms with Crippen molar-refractivity contribution in [3.63, 3.8) is 0 Å². The predicted octanol–water partition coefficient (Wildman–Crippen LogP) is 3.44. The van der Waals surface area contributed by atoms with E-state index in [1.54, 1.807) is 24.2 Å². The second-order valence-electron chi connectivity index (χ2n) is 5.30. The number of halogens is 1. The number of hydrogen-bond acceptors (Lipinski definition) is 4. The fourth-order valence-electron chi connectivity index (χ4n) is 2.50. The topological polar surface area (TPSA) is 51.9 Å². The van der Waals surface area contributed by atoms with Crippen LogP contribution in [0, 0.1) is 0 Å². The number of fused-ring (bicyclic) bond motifs is 1. The van der Waals surface area contributed by atoms with E-state index in [0.29, 0.717) is 48.4 Å². The van der Waals surface area contributed by atoms with E-state index in [2.05, 4.69) is 0 Å². The molecule has 24 heavy (non-hydrogen) atoms. The minimum Gasteiger partial charge on any atom is -0.493 e. The number of ether oxygens (including phenoxy) is 2. The Bertz CT molecular complexity index is 787. The highest BCUT2D eigenvalue weighted by Gasteiger charge is 2.14. The number of benzene rings is 1. The fourth-order valence-corrected chi connectivity index (χ4v) is 2.67. The number of allylic oxidation sites excluding steroid dienone is 2. The molecular weight excluding hydrogens is 330 g/mol. The van der Waals surface area contributed by atoms with Crippen molar-refractivity contribution in [3.05, 3.63) is 48.3 Å². The molecule has 1 aromatic carbocycles. The number of para-hydroxylation sites is 1. The summed E-state index contributed by atoms with van der Waals surface area (Å²) in [6.07, 6.45) is 4.77. The highest BCUT2D eigenvalue weighted by Crippen LogP contribution is 2.32. The molecule has 0 aliphatic carbocycles. The first kappa shape index (κ1) is 16.6. The van der Waals surface area contributed by atoms with Crippen molar-refractivity contribution in [2.75, 3.05) is 33.4 Å². The molecule has 1 aliphatic rings. The van der Waals surface area contributed by atoms with E-state index in [1.807, 2.05) is 24.3 Å². The molecule has 1 fully saturated rings. The van der Waals surface area contributed by atoms with Crippen LogP contribution in [-0.2, 0) is 9.53 Å². The molecule has 2 heterocycles. The Morgan fingerprint density at radius 1 is 1.33 bits per heavy atom. The lowest BCUT2D eigenvalue weighted by molar-refractivity contribution is -0.129. The number of rotatable bonds is 4. The normalized spacial score (nSPS) is 16.1. The SMILES string of the molecule is COc1cccc2cc(C(Cl)=CC=CC(=O)N3CCOCC3)oc12. The Labute approximate surface area is 145 Å². The summed E-state index contributed by atoms with van der Waals surface area (Å²) in [5.74, 6) is 1.13. The molecular formula is C18H18ClNO4. The minimum atomic E-state index is -0.0507. The smallest absolute Gasteiger partial charge is 0.246 e. The number of carbonyl (C=O) groups excluding carboxylic acids is 1. The average molecular weight is 348 g/mol. The Balaban J connectivity index is 1.73. The molecule has 0 N–H and O–H groups in total. The van der Waals surface area contributed by atoms with Gasteiger partial charge in [-0.2, -0.15) is 0 Å². The predicted molar refractivity (Wildman–Crippen MR) is 93.1 cm³/mol. The van der Waals surface area contributed by atoms with Gasteiger partial charge in [-0.15, -0.1) is 0 Å². The van der Waals surface area contributed by atoms with E-state index in [-0.39, 0.29) is 5.91 Å². The summed E-state index contributed by atoms with van der Waals surface area (Å²) in [5, 5.41) is 1.32. The molecule has 0 spiro atoms. The van der Waals surface area contributed by atoms with Crippen LogP contribution in [0.5, 0.6) is 5.75 Å². The van der Waals surface area contributed by atoms with E-state index < -0.39 is 0 Å². The molecule has 126 valence electrons. The molecule has 5 nitrogen and oxygen atoms in total. The molecule has 1 saturated heterocycles. The Morgan fingerprint density at radius 3 is 2.88 bits per heavy atom. The maximum atomic E-state index is 12.0. The summed E-state index contributed by atoms with van der Waals surface area (Å²) in [6, 6.07) is 7.48. The third-order valence-corrected chi connectivity index (χ3v) is 4.08. The summed E-state index contributed by atoms with van der Waals surface area (Å²) < 4.78 is 16.2. The Kier molecular flexibility index (Phi) is 5.23. The Morgan fingerprint density at radius 2 is 2.12 bits per heavy atom. The molecule has 2 aromatic rings. The first-order chi connectivity index (χ1) is 11.7. The molecule has 0 unspecified atom stereocenters. The second kappa shape index (κ2) is 7.55. The zero-order valence-corrected chi connectivity index (χ0v) is 14.1. The van der Waals surface area contributed by atoms with Crippen LogP contribution in [0.15, 0.2) is 46.9 Å². The van der Waals surface area contributed by atoms with Gasteiger partial charge in [-0.1, -0.05) is 29.8 Å². The summed E-state index contributed by atoms with van der Waals surface area (Å²) in [5.41, 5.74) is 0.648. The third-order valence-electron chi connectivity index (χ3n) is 3.77. The van der Waals surface area contributed by atoms with Gasteiger partial charge in [0, 0.05) is 24.6 Å². The number of amides is 1. The van der Waals surface area contributed by atoms with Gasteiger partial charge in [0.1, 0.15) is 5.76 Å². The van der Waals surface area contributed by atoms with Crippen LogP contribution in [0.4, 0.5) is 0 Å². The molecule has 1 amide bonds. The lowest BCUT2D eigenvalue weighted by atomic mass is 10.2. The van der Waals surface area contributed by atoms with Crippen molar-refractivity contribution >= 4 is 33.5 Å². The number of morpholine rings is 1. The summed E-state index contributed by atoms with van der Waals surface area (Å²) in [6.45, 7) is 2.39. The van der Waals surface area contributed by atoms with Gasteiger partial charge in [0.15, 0.2) is 11.3 Å². The van der Waals surface area contributed by atoms with E-state index >= 15 is 0 Å². The van der Waals surface area contributed by atoms with Crippen molar-refractivity contribution in [2.24, 2.45) is 0 Å². The third kappa shape index (κ3) is 3.63. The second-order valence-corrected chi connectivity index (χ2v) is 5.71. The number of carbonyl (C=O) groups is 1. The van der Waals surface area contributed by atoms with Gasteiger partial charge in [0.05, 0.1) is 25.4 Å². The van der Waals surface area contributed by atoms with Gasteiger partial charge in [-0.05, 0) is 18.2 Å². The monoisotopic (exact) mass is 347 g/mol. The quantitative estimate of drug-likeness (QED) is 0.628. The van der Waals surface area contributed by atoms with Crippen LogP contribution in [-0.4, -0.2) is 44.2 Å². The average Bonchev–Trinajstić information content (AvgIpc) is 3.06. The van der Waals surface area contributed by atoms with Crippen LogP contribution in [0.2, 0.25) is 0 Å². The van der Waals surface area contributed by atoms with Crippen LogP contribution in [0.3, 0.4) is 0 Å². The molecule has 0 saturated carbocycles. The first-order valence-corrected chi connectivity index (χ1v) is 8.04. The Hall–Kier alpha value is -2.24. The highest BCUT2D eigenvalue weighted by molar-refractivity contribution is 6.48. The van der Waals surface area contributed by atoms with Gasteiger partial charge >= 0.3 is 0 Å². The van der Waals surface area contributed by atoms with Gasteiger partial charge in [-0.3, -0.25) is 4.79 Å². The van der Waals surface area contributed by atoms with Crippen molar-refractivity contribution in [3.8, 4) is 5.75 Å². The number of methoxy groups -OCH3 is 1. The molecule has 1 aliphatic heterocycles. The lowest BCUT2D eigenvalue weighted by Gasteiger charge is -2.25. The largest absolute Gasteiger partial charge is 0.493 e. The van der Waals surface area contributed by atoms with E-state index in [9.17, 15) is 4.79 Å². The van der Waals surface area contributed by atoms with Gasteiger partial charge < -0.3 is 18.8 Å². The zero-order valence-electron chi connectivity index (χ0n) is 13.3. The van der Waals surface area contributed by atoms with E-state index in [4.69, 9.17) is 25.5 Å². The maximum Gasteiger partial charge on any atom is 0.246 e.